The normalized spacial score (nSPS) is 28.5. The molecule has 0 radical (unpaired) electrons. The van der Waals surface area contributed by atoms with Crippen LogP contribution in [-0.4, -0.2) is 10.7 Å². The number of aliphatic hydroxyl groups is 1. The van der Waals surface area contributed by atoms with Gasteiger partial charge in [0.25, 0.3) is 0 Å². The lowest BCUT2D eigenvalue weighted by molar-refractivity contribution is 0.0511. The maximum absolute atomic E-state index is 9.73. The van der Waals surface area contributed by atoms with Crippen LogP contribution in [0.2, 0.25) is 0 Å². The van der Waals surface area contributed by atoms with Gasteiger partial charge in [-0.05, 0) is 26.2 Å². The molecule has 0 aromatic heterocycles. The lowest BCUT2D eigenvalue weighted by atomic mass is 9.81. The minimum atomic E-state index is -0.978. The summed E-state index contributed by atoms with van der Waals surface area (Å²) in [4.78, 5) is 0. The van der Waals surface area contributed by atoms with Gasteiger partial charge in [-0.2, -0.15) is 0 Å². The van der Waals surface area contributed by atoms with E-state index in [1.165, 1.54) is 0 Å². The zero-order valence-electron chi connectivity index (χ0n) is 7.18. The Bertz CT molecular complexity index is 235. The third-order valence-corrected chi connectivity index (χ3v) is 2.79. The summed E-state index contributed by atoms with van der Waals surface area (Å²) in [6, 6.07) is 0. The molecule has 0 spiro atoms. The molecular formula is C10H13ClO. The topological polar surface area (TPSA) is 20.2 Å². The highest BCUT2D eigenvalue weighted by Crippen LogP contribution is 2.32. The first-order valence-electron chi connectivity index (χ1n) is 4.11. The Hall–Kier alpha value is -0.450. The summed E-state index contributed by atoms with van der Waals surface area (Å²) in [5, 5.41) is 10.6. The van der Waals surface area contributed by atoms with E-state index < -0.39 is 5.60 Å². The average Bonchev–Trinajstić information content (AvgIpc) is 2.05. The summed E-state index contributed by atoms with van der Waals surface area (Å²) in [5.41, 5.74) is -0.978. The van der Waals surface area contributed by atoms with Gasteiger partial charge in [0.05, 0.1) is 0 Å². The van der Waals surface area contributed by atoms with Gasteiger partial charge < -0.3 is 5.11 Å². The molecule has 0 fully saturated rings. The fourth-order valence-electron chi connectivity index (χ4n) is 1.43. The van der Waals surface area contributed by atoms with Crippen molar-refractivity contribution in [1.82, 2.24) is 0 Å². The van der Waals surface area contributed by atoms with E-state index in [9.17, 15) is 5.11 Å². The number of rotatable bonds is 1. The summed E-state index contributed by atoms with van der Waals surface area (Å²) in [7, 11) is 0. The SMILES string of the molecule is C#CC(C)(O)C1CC=C(Cl)CC1. The van der Waals surface area contributed by atoms with Crippen molar-refractivity contribution >= 4 is 11.6 Å². The molecule has 0 saturated heterocycles. The average molecular weight is 185 g/mol. The van der Waals surface area contributed by atoms with Crippen LogP contribution in [0.4, 0.5) is 0 Å². The standard InChI is InChI=1S/C10H13ClO/c1-3-10(2,12)8-4-6-9(11)7-5-8/h1,6,8,12H,4-5,7H2,2H3. The molecule has 0 bridgehead atoms. The Balaban J connectivity index is 2.64. The Morgan fingerprint density at radius 2 is 2.50 bits per heavy atom. The van der Waals surface area contributed by atoms with E-state index in [1.54, 1.807) is 6.92 Å². The van der Waals surface area contributed by atoms with Crippen molar-refractivity contribution in [2.24, 2.45) is 5.92 Å². The van der Waals surface area contributed by atoms with Gasteiger partial charge in [0, 0.05) is 11.0 Å². The van der Waals surface area contributed by atoms with Gasteiger partial charge >= 0.3 is 0 Å². The van der Waals surface area contributed by atoms with Crippen molar-refractivity contribution in [3.63, 3.8) is 0 Å². The maximum atomic E-state index is 9.73. The molecule has 12 heavy (non-hydrogen) atoms. The summed E-state index contributed by atoms with van der Waals surface area (Å²) in [5.74, 6) is 2.57. The van der Waals surface area contributed by atoms with Gasteiger partial charge in [-0.25, -0.2) is 0 Å². The molecule has 1 nitrogen and oxygen atoms in total. The summed E-state index contributed by atoms with van der Waals surface area (Å²) in [6.07, 6.45) is 9.67. The van der Waals surface area contributed by atoms with Crippen LogP contribution in [0, 0.1) is 18.3 Å². The zero-order chi connectivity index (χ0) is 9.19. The predicted molar refractivity (Wildman–Crippen MR) is 50.7 cm³/mol. The lowest BCUT2D eigenvalue weighted by Crippen LogP contribution is -2.33. The molecule has 2 atom stereocenters. The van der Waals surface area contributed by atoms with Crippen LogP contribution in [0.15, 0.2) is 11.1 Å². The molecule has 1 rings (SSSR count). The van der Waals surface area contributed by atoms with Crippen molar-refractivity contribution in [2.45, 2.75) is 31.8 Å². The molecule has 1 aliphatic carbocycles. The van der Waals surface area contributed by atoms with Gasteiger partial charge in [-0.3, -0.25) is 0 Å². The Labute approximate surface area is 78.4 Å². The molecule has 0 aromatic rings. The predicted octanol–water partition coefficient (Wildman–Crippen LogP) is 2.29. The highest BCUT2D eigenvalue weighted by Gasteiger charge is 2.30. The second-order valence-corrected chi connectivity index (χ2v) is 3.90. The van der Waals surface area contributed by atoms with Crippen LogP contribution in [0.1, 0.15) is 26.2 Å². The lowest BCUT2D eigenvalue weighted by Gasteiger charge is -2.29. The van der Waals surface area contributed by atoms with Crippen molar-refractivity contribution in [3.8, 4) is 12.3 Å². The summed E-state index contributed by atoms with van der Waals surface area (Å²) < 4.78 is 0. The van der Waals surface area contributed by atoms with E-state index in [-0.39, 0.29) is 5.92 Å². The Morgan fingerprint density at radius 3 is 2.92 bits per heavy atom. The van der Waals surface area contributed by atoms with E-state index in [1.807, 2.05) is 6.08 Å². The highest BCUT2D eigenvalue weighted by atomic mass is 35.5. The number of hydrogen-bond donors (Lipinski definition) is 1. The fourth-order valence-corrected chi connectivity index (χ4v) is 1.63. The van der Waals surface area contributed by atoms with Crippen LogP contribution in [0.5, 0.6) is 0 Å². The van der Waals surface area contributed by atoms with Crippen LogP contribution >= 0.6 is 11.6 Å². The summed E-state index contributed by atoms with van der Waals surface area (Å²) >= 11 is 5.80. The molecule has 1 aliphatic rings. The minimum Gasteiger partial charge on any atom is -0.378 e. The first-order chi connectivity index (χ1) is 5.56. The second-order valence-electron chi connectivity index (χ2n) is 3.41. The molecule has 0 saturated carbocycles. The first kappa shape index (κ1) is 9.64. The van der Waals surface area contributed by atoms with Gasteiger partial charge in [0.1, 0.15) is 5.60 Å². The molecule has 0 aromatic carbocycles. The number of hydrogen-bond acceptors (Lipinski definition) is 1. The summed E-state index contributed by atoms with van der Waals surface area (Å²) in [6.45, 7) is 1.69. The second kappa shape index (κ2) is 3.51. The fraction of sp³-hybridized carbons (Fsp3) is 0.600. The van der Waals surface area contributed by atoms with E-state index >= 15 is 0 Å². The van der Waals surface area contributed by atoms with Gasteiger partial charge in [0.2, 0.25) is 0 Å². The number of halogens is 1. The third-order valence-electron chi connectivity index (χ3n) is 2.44. The molecule has 0 amide bonds. The third kappa shape index (κ3) is 2.03. The van der Waals surface area contributed by atoms with Crippen molar-refractivity contribution < 1.29 is 5.11 Å². The minimum absolute atomic E-state index is 0.157. The van der Waals surface area contributed by atoms with Crippen LogP contribution < -0.4 is 0 Å². The van der Waals surface area contributed by atoms with Crippen molar-refractivity contribution in [3.05, 3.63) is 11.1 Å². The van der Waals surface area contributed by atoms with Crippen molar-refractivity contribution in [1.29, 1.82) is 0 Å². The molecule has 1 N–H and O–H groups in total. The van der Waals surface area contributed by atoms with E-state index in [0.717, 1.165) is 24.3 Å². The van der Waals surface area contributed by atoms with E-state index in [4.69, 9.17) is 18.0 Å². The largest absolute Gasteiger partial charge is 0.378 e. The van der Waals surface area contributed by atoms with E-state index in [0.29, 0.717) is 0 Å². The first-order valence-corrected chi connectivity index (χ1v) is 4.48. The monoisotopic (exact) mass is 184 g/mol. The van der Waals surface area contributed by atoms with Crippen LogP contribution in [0.25, 0.3) is 0 Å². The smallest absolute Gasteiger partial charge is 0.125 e. The highest BCUT2D eigenvalue weighted by molar-refractivity contribution is 6.29. The van der Waals surface area contributed by atoms with Crippen LogP contribution in [0.3, 0.4) is 0 Å². The number of allylic oxidation sites excluding steroid dienone is 2. The number of terminal acetylenes is 1. The van der Waals surface area contributed by atoms with E-state index in [2.05, 4.69) is 5.92 Å². The van der Waals surface area contributed by atoms with Gasteiger partial charge in [-0.15, -0.1) is 6.42 Å². The Morgan fingerprint density at radius 1 is 1.83 bits per heavy atom. The molecule has 66 valence electrons. The molecule has 0 heterocycles. The molecule has 2 heteroatoms. The van der Waals surface area contributed by atoms with Gasteiger partial charge in [0.15, 0.2) is 0 Å². The quantitative estimate of drug-likeness (QED) is 0.620. The zero-order valence-corrected chi connectivity index (χ0v) is 7.93. The van der Waals surface area contributed by atoms with Crippen molar-refractivity contribution in [2.75, 3.05) is 0 Å². The maximum Gasteiger partial charge on any atom is 0.125 e. The molecular weight excluding hydrogens is 172 g/mol. The Kier molecular flexibility index (Phi) is 2.82. The molecule has 2 unspecified atom stereocenters. The van der Waals surface area contributed by atoms with Gasteiger partial charge in [-0.1, -0.05) is 23.6 Å². The van der Waals surface area contributed by atoms with Crippen LogP contribution in [-0.2, 0) is 0 Å². The molecule has 0 aliphatic heterocycles.